The van der Waals surface area contributed by atoms with Crippen molar-refractivity contribution in [2.75, 3.05) is 4.90 Å². The summed E-state index contributed by atoms with van der Waals surface area (Å²) in [6, 6.07) is 52.4. The number of benzene rings is 7. The van der Waals surface area contributed by atoms with Gasteiger partial charge in [-0.15, -0.1) is 0 Å². The van der Waals surface area contributed by atoms with E-state index in [1.165, 1.54) is 66.8 Å². The van der Waals surface area contributed by atoms with E-state index in [1.807, 2.05) is 0 Å². The van der Waals surface area contributed by atoms with Gasteiger partial charge in [0.25, 0.3) is 0 Å². The van der Waals surface area contributed by atoms with E-state index in [1.54, 1.807) is 0 Å². The van der Waals surface area contributed by atoms with Gasteiger partial charge < -0.3 is 9.32 Å². The minimum absolute atomic E-state index is 0.0299. The van der Waals surface area contributed by atoms with Gasteiger partial charge in [0.05, 0.1) is 0 Å². The zero-order valence-electron chi connectivity index (χ0n) is 35.6. The average molecular weight is 756 g/mol. The normalized spacial score (nSPS) is 15.0. The number of hydrogen-bond donors (Lipinski definition) is 0. The molecular formula is C56H53NO. The lowest BCUT2D eigenvalue weighted by Gasteiger charge is -2.29. The van der Waals surface area contributed by atoms with E-state index in [2.05, 4.69) is 214 Å². The Kier molecular flexibility index (Phi) is 7.75. The lowest BCUT2D eigenvalue weighted by atomic mass is 9.79. The molecule has 2 heteroatoms. The molecule has 0 fully saturated rings. The average Bonchev–Trinajstić information content (AvgIpc) is 3.76. The van der Waals surface area contributed by atoms with Crippen molar-refractivity contribution in [2.24, 2.45) is 0 Å². The van der Waals surface area contributed by atoms with Crippen molar-refractivity contribution < 1.29 is 4.42 Å². The van der Waals surface area contributed by atoms with Gasteiger partial charge in [0, 0.05) is 44.7 Å². The van der Waals surface area contributed by atoms with Crippen molar-refractivity contribution in [1.29, 1.82) is 0 Å². The molecule has 0 N–H and O–H groups in total. The molecule has 2 aliphatic rings. The van der Waals surface area contributed by atoms with E-state index in [9.17, 15) is 0 Å². The maximum Gasteiger partial charge on any atom is 0.137 e. The number of fused-ring (bicyclic) bond motifs is 9. The molecule has 0 atom stereocenters. The van der Waals surface area contributed by atoms with Gasteiger partial charge >= 0.3 is 0 Å². The number of hydrogen-bond acceptors (Lipinski definition) is 2. The predicted molar refractivity (Wildman–Crippen MR) is 246 cm³/mol. The Morgan fingerprint density at radius 3 is 1.72 bits per heavy atom. The van der Waals surface area contributed by atoms with E-state index in [-0.39, 0.29) is 21.7 Å². The first-order valence-corrected chi connectivity index (χ1v) is 20.9. The summed E-state index contributed by atoms with van der Waals surface area (Å²) in [5.74, 6) is 0. The quantitative estimate of drug-likeness (QED) is 0.178. The molecule has 0 unspecified atom stereocenters. The molecule has 10 rings (SSSR count). The minimum Gasteiger partial charge on any atom is -0.456 e. The highest BCUT2D eigenvalue weighted by atomic mass is 16.3. The lowest BCUT2D eigenvalue weighted by Crippen LogP contribution is -2.18. The molecule has 0 aliphatic heterocycles. The summed E-state index contributed by atoms with van der Waals surface area (Å²) in [6.45, 7) is 23.3. The molecule has 0 spiro atoms. The molecule has 288 valence electrons. The Balaban J connectivity index is 1.13. The van der Waals surface area contributed by atoms with Gasteiger partial charge in [0.2, 0.25) is 0 Å². The van der Waals surface area contributed by atoms with E-state index >= 15 is 0 Å². The van der Waals surface area contributed by atoms with Crippen LogP contribution in [0.1, 0.15) is 103 Å². The van der Waals surface area contributed by atoms with Crippen molar-refractivity contribution in [3.05, 3.63) is 173 Å². The van der Waals surface area contributed by atoms with Gasteiger partial charge in [0.15, 0.2) is 0 Å². The number of nitrogens with zero attached hydrogens (tertiary/aromatic N) is 1. The van der Waals surface area contributed by atoms with Gasteiger partial charge in [-0.3, -0.25) is 0 Å². The van der Waals surface area contributed by atoms with Crippen molar-refractivity contribution in [2.45, 2.75) is 90.9 Å². The van der Waals surface area contributed by atoms with Gasteiger partial charge in [-0.2, -0.15) is 0 Å². The highest BCUT2D eigenvalue weighted by molar-refractivity contribution is 6.07. The fourth-order valence-corrected chi connectivity index (χ4v) is 10.1. The summed E-state index contributed by atoms with van der Waals surface area (Å²) < 4.78 is 6.69. The van der Waals surface area contributed by atoms with Gasteiger partial charge in [-0.05, 0) is 126 Å². The summed E-state index contributed by atoms with van der Waals surface area (Å²) in [5.41, 5.74) is 21.1. The van der Waals surface area contributed by atoms with Crippen LogP contribution in [-0.4, -0.2) is 0 Å². The molecule has 0 saturated heterocycles. The first kappa shape index (κ1) is 36.5. The molecule has 8 aromatic rings. The van der Waals surface area contributed by atoms with Crippen LogP contribution >= 0.6 is 0 Å². The van der Waals surface area contributed by atoms with Crippen molar-refractivity contribution in [1.82, 2.24) is 0 Å². The number of rotatable bonds is 4. The van der Waals surface area contributed by atoms with Crippen LogP contribution in [0.2, 0.25) is 0 Å². The maximum absolute atomic E-state index is 6.69. The second-order valence-electron chi connectivity index (χ2n) is 19.9. The number of furan rings is 1. The predicted octanol–water partition coefficient (Wildman–Crippen LogP) is 15.9. The van der Waals surface area contributed by atoms with E-state index < -0.39 is 0 Å². The van der Waals surface area contributed by atoms with Crippen LogP contribution in [0, 0.1) is 0 Å². The van der Waals surface area contributed by atoms with Crippen molar-refractivity contribution >= 4 is 39.0 Å². The summed E-state index contributed by atoms with van der Waals surface area (Å²) in [4.78, 5) is 2.44. The summed E-state index contributed by atoms with van der Waals surface area (Å²) in [7, 11) is 0. The molecule has 1 aromatic heterocycles. The SMILES string of the molecule is CC(C)(C)c1ccc(-c2ccc3oc4cc(N(c5ccc6c(c5)C(C)(C)c5ccccc5-6)c5ccc6c(c5)C(C)(C)c5cccc(C(C)(C)C)c5-6)ccc4c3c2)cc1. The molecule has 2 nitrogen and oxygen atoms in total. The maximum atomic E-state index is 6.69. The Morgan fingerprint density at radius 2 is 1.02 bits per heavy atom. The molecule has 0 amide bonds. The van der Waals surface area contributed by atoms with Crippen LogP contribution in [0.15, 0.2) is 144 Å². The largest absolute Gasteiger partial charge is 0.456 e. The fraction of sp³-hybridized carbons (Fsp3) is 0.250. The van der Waals surface area contributed by atoms with Crippen LogP contribution in [0.25, 0.3) is 55.3 Å². The Labute approximate surface area is 344 Å². The van der Waals surface area contributed by atoms with Crippen molar-refractivity contribution in [3.8, 4) is 33.4 Å². The standard InChI is InChI=1S/C56H53NO/c1-53(2,3)36-21-18-34(19-22-36)35-20-29-50-44(30-35)42-27-24-39(33-51(42)58-50)57(37-23-26-41-40-14-11-12-15-45(40)55(7,8)48(41)31-37)38-25-28-43-49(32-38)56(9,10)47-17-13-16-46(52(43)47)54(4,5)6/h11-33H,1-10H3. The van der Waals surface area contributed by atoms with Crippen LogP contribution < -0.4 is 4.90 Å². The van der Waals surface area contributed by atoms with Crippen LogP contribution in [0.3, 0.4) is 0 Å². The summed E-state index contributed by atoms with van der Waals surface area (Å²) in [6.07, 6.45) is 0. The van der Waals surface area contributed by atoms with Gasteiger partial charge in [0.1, 0.15) is 11.2 Å². The van der Waals surface area contributed by atoms with Gasteiger partial charge in [-0.25, -0.2) is 0 Å². The molecule has 58 heavy (non-hydrogen) atoms. The smallest absolute Gasteiger partial charge is 0.137 e. The topological polar surface area (TPSA) is 16.4 Å². The third-order valence-electron chi connectivity index (χ3n) is 13.4. The first-order valence-electron chi connectivity index (χ1n) is 20.9. The second-order valence-corrected chi connectivity index (χ2v) is 19.9. The molecule has 2 aliphatic carbocycles. The monoisotopic (exact) mass is 755 g/mol. The molecule has 7 aromatic carbocycles. The fourth-order valence-electron chi connectivity index (χ4n) is 10.1. The molecule has 0 saturated carbocycles. The third kappa shape index (κ3) is 5.44. The molecular weight excluding hydrogens is 703 g/mol. The van der Waals surface area contributed by atoms with E-state index in [0.29, 0.717) is 0 Å². The molecule has 0 bridgehead atoms. The second kappa shape index (κ2) is 12.3. The Bertz CT molecular complexity index is 2960. The van der Waals surface area contributed by atoms with E-state index in [4.69, 9.17) is 4.42 Å². The van der Waals surface area contributed by atoms with Crippen LogP contribution in [-0.2, 0) is 21.7 Å². The zero-order valence-corrected chi connectivity index (χ0v) is 35.6. The zero-order chi connectivity index (χ0) is 40.5. The van der Waals surface area contributed by atoms with Crippen LogP contribution in [0.5, 0.6) is 0 Å². The summed E-state index contributed by atoms with van der Waals surface area (Å²) >= 11 is 0. The van der Waals surface area contributed by atoms with Gasteiger partial charge in [-0.1, -0.05) is 154 Å². The number of anilines is 3. The highest BCUT2D eigenvalue weighted by Gasteiger charge is 2.40. The lowest BCUT2D eigenvalue weighted by molar-refractivity contribution is 0.589. The Hall–Kier alpha value is -5.86. The molecule has 0 radical (unpaired) electrons. The Morgan fingerprint density at radius 1 is 0.431 bits per heavy atom. The van der Waals surface area contributed by atoms with E-state index in [0.717, 1.165) is 39.0 Å². The van der Waals surface area contributed by atoms with Crippen molar-refractivity contribution in [3.63, 3.8) is 0 Å². The first-order chi connectivity index (χ1) is 27.5. The van der Waals surface area contributed by atoms with Crippen LogP contribution in [0.4, 0.5) is 17.1 Å². The third-order valence-corrected chi connectivity index (χ3v) is 13.4. The summed E-state index contributed by atoms with van der Waals surface area (Å²) in [5, 5.41) is 2.26. The minimum atomic E-state index is -0.150. The molecule has 1 heterocycles. The highest BCUT2D eigenvalue weighted by Crippen LogP contribution is 2.55.